The van der Waals surface area contributed by atoms with Crippen LogP contribution in [-0.4, -0.2) is 36.3 Å². The highest BCUT2D eigenvalue weighted by molar-refractivity contribution is 6.11. The fraction of sp³-hybridized carbons (Fsp3) is 0.500. The molecule has 0 fully saturated rings. The molecule has 0 aliphatic rings. The summed E-state index contributed by atoms with van der Waals surface area (Å²) in [6, 6.07) is 0. The molecular weight excluding hydrogens is 298 g/mol. The van der Waals surface area contributed by atoms with Gasteiger partial charge in [-0.1, -0.05) is 30.7 Å². The Morgan fingerprint density at radius 1 is 1.12 bits per heavy atom. The molecule has 4 nitrogen and oxygen atoms in total. The van der Waals surface area contributed by atoms with Gasteiger partial charge in [-0.3, -0.25) is 14.7 Å². The fourth-order valence-corrected chi connectivity index (χ4v) is 2.06. The third kappa shape index (κ3) is 7.09. The van der Waals surface area contributed by atoms with Crippen molar-refractivity contribution in [1.29, 1.82) is 0 Å². The predicted molar refractivity (Wildman–Crippen MR) is 105 cm³/mol. The number of amides is 1. The first-order chi connectivity index (χ1) is 11.5. The lowest BCUT2D eigenvalue weighted by Gasteiger charge is -2.23. The molecule has 0 saturated carbocycles. The SMILES string of the molecule is C\C=C(C)/C(C)=C\C(=C/C)C(=O)N(CCN)C(/C=C\CC)=NCC. The van der Waals surface area contributed by atoms with Crippen molar-refractivity contribution in [2.75, 3.05) is 19.6 Å². The van der Waals surface area contributed by atoms with Gasteiger partial charge in [0.1, 0.15) is 5.84 Å². The van der Waals surface area contributed by atoms with Crippen LogP contribution in [0.5, 0.6) is 0 Å². The van der Waals surface area contributed by atoms with E-state index >= 15 is 0 Å². The molecule has 2 N–H and O–H groups in total. The van der Waals surface area contributed by atoms with Gasteiger partial charge in [0.25, 0.3) is 5.91 Å². The minimum Gasteiger partial charge on any atom is -0.329 e. The molecular formula is C20H33N3O. The number of carbonyl (C=O) groups is 1. The largest absolute Gasteiger partial charge is 0.329 e. The van der Waals surface area contributed by atoms with Crippen molar-refractivity contribution in [3.63, 3.8) is 0 Å². The number of carbonyl (C=O) groups excluding carboxylic acids is 1. The molecule has 0 atom stereocenters. The van der Waals surface area contributed by atoms with Gasteiger partial charge in [0.05, 0.1) is 0 Å². The van der Waals surface area contributed by atoms with Crippen molar-refractivity contribution in [3.8, 4) is 0 Å². The Morgan fingerprint density at radius 3 is 2.25 bits per heavy atom. The monoisotopic (exact) mass is 331 g/mol. The van der Waals surface area contributed by atoms with Gasteiger partial charge in [0, 0.05) is 25.2 Å². The van der Waals surface area contributed by atoms with E-state index < -0.39 is 0 Å². The van der Waals surface area contributed by atoms with E-state index in [0.717, 1.165) is 17.6 Å². The second-order valence-corrected chi connectivity index (χ2v) is 5.43. The molecule has 0 bridgehead atoms. The molecule has 4 heteroatoms. The van der Waals surface area contributed by atoms with Crippen LogP contribution < -0.4 is 5.73 Å². The zero-order valence-electron chi connectivity index (χ0n) is 16.1. The molecule has 134 valence electrons. The molecule has 0 radical (unpaired) electrons. The highest BCUT2D eigenvalue weighted by Gasteiger charge is 2.19. The van der Waals surface area contributed by atoms with Crippen LogP contribution in [0.15, 0.2) is 52.1 Å². The standard InChI is InChI=1S/C20H33N3O/c1-7-11-12-19(22-10-4)23(14-13-21)20(24)18(9-3)15-17(6)16(5)8-2/h8-9,11-12,15H,7,10,13-14,21H2,1-6H3/b12-11-,16-8-,17-15-,18-9+,22-19?. The number of hydrogen-bond acceptors (Lipinski definition) is 3. The summed E-state index contributed by atoms with van der Waals surface area (Å²) in [5, 5.41) is 0. The number of amidine groups is 1. The van der Waals surface area contributed by atoms with Gasteiger partial charge >= 0.3 is 0 Å². The van der Waals surface area contributed by atoms with Crippen LogP contribution in [0.1, 0.15) is 48.0 Å². The van der Waals surface area contributed by atoms with Gasteiger partial charge in [0.2, 0.25) is 0 Å². The number of aliphatic imine (C=N–C) groups is 1. The van der Waals surface area contributed by atoms with Crippen LogP contribution in [-0.2, 0) is 4.79 Å². The topological polar surface area (TPSA) is 58.7 Å². The van der Waals surface area contributed by atoms with E-state index in [9.17, 15) is 4.79 Å². The van der Waals surface area contributed by atoms with E-state index in [1.807, 2.05) is 65.0 Å². The Bertz CT molecular complexity index is 551. The summed E-state index contributed by atoms with van der Waals surface area (Å²) in [4.78, 5) is 19.1. The first-order valence-corrected chi connectivity index (χ1v) is 8.67. The number of nitrogens with two attached hydrogens (primary N) is 1. The number of hydrogen-bond donors (Lipinski definition) is 1. The lowest BCUT2D eigenvalue weighted by Crippen LogP contribution is -2.40. The van der Waals surface area contributed by atoms with Gasteiger partial charge < -0.3 is 5.73 Å². The Morgan fingerprint density at radius 2 is 1.79 bits per heavy atom. The maximum atomic E-state index is 13.0. The third-order valence-corrected chi connectivity index (χ3v) is 3.68. The van der Waals surface area contributed by atoms with Crippen LogP contribution in [0.3, 0.4) is 0 Å². The lowest BCUT2D eigenvalue weighted by molar-refractivity contribution is -0.123. The zero-order chi connectivity index (χ0) is 18.5. The second kappa shape index (κ2) is 12.5. The summed E-state index contributed by atoms with van der Waals surface area (Å²) in [6.07, 6.45) is 10.6. The normalized spacial score (nSPS) is 14.5. The minimum absolute atomic E-state index is 0.0702. The smallest absolute Gasteiger partial charge is 0.259 e. The molecule has 0 aromatic heterocycles. The van der Waals surface area contributed by atoms with Gasteiger partial charge in [-0.25, -0.2) is 0 Å². The average Bonchev–Trinajstić information content (AvgIpc) is 2.59. The molecule has 0 rings (SSSR count). The summed E-state index contributed by atoms with van der Waals surface area (Å²) in [6.45, 7) is 13.4. The molecule has 0 saturated heterocycles. The van der Waals surface area contributed by atoms with Gasteiger partial charge in [-0.2, -0.15) is 0 Å². The first-order valence-electron chi connectivity index (χ1n) is 8.67. The zero-order valence-corrected chi connectivity index (χ0v) is 16.1. The number of nitrogens with zero attached hydrogens (tertiary/aromatic N) is 2. The highest BCUT2D eigenvalue weighted by atomic mass is 16.2. The van der Waals surface area contributed by atoms with E-state index in [1.54, 1.807) is 4.90 Å². The van der Waals surface area contributed by atoms with Crippen molar-refractivity contribution >= 4 is 11.7 Å². The van der Waals surface area contributed by atoms with E-state index in [-0.39, 0.29) is 5.91 Å². The van der Waals surface area contributed by atoms with Crippen molar-refractivity contribution in [3.05, 3.63) is 47.1 Å². The number of allylic oxidation sites excluding steroid dienone is 5. The average molecular weight is 332 g/mol. The molecule has 0 aromatic carbocycles. The van der Waals surface area contributed by atoms with E-state index in [0.29, 0.717) is 31.0 Å². The summed E-state index contributed by atoms with van der Waals surface area (Å²) >= 11 is 0. The molecule has 0 unspecified atom stereocenters. The maximum Gasteiger partial charge on any atom is 0.259 e. The third-order valence-electron chi connectivity index (χ3n) is 3.68. The molecule has 24 heavy (non-hydrogen) atoms. The van der Waals surface area contributed by atoms with Crippen LogP contribution in [0.4, 0.5) is 0 Å². The van der Waals surface area contributed by atoms with Crippen molar-refractivity contribution in [1.82, 2.24) is 4.90 Å². The Balaban J connectivity index is 5.76. The fourth-order valence-electron chi connectivity index (χ4n) is 2.06. The Labute approximate surface area is 147 Å². The van der Waals surface area contributed by atoms with Crippen molar-refractivity contribution in [2.24, 2.45) is 10.7 Å². The van der Waals surface area contributed by atoms with E-state index in [2.05, 4.69) is 11.9 Å². The van der Waals surface area contributed by atoms with Crippen LogP contribution in [0.25, 0.3) is 0 Å². The van der Waals surface area contributed by atoms with Gasteiger partial charge in [-0.05, 0) is 58.8 Å². The summed E-state index contributed by atoms with van der Waals surface area (Å²) in [7, 11) is 0. The summed E-state index contributed by atoms with van der Waals surface area (Å²) < 4.78 is 0. The molecule has 0 aliphatic heterocycles. The quantitative estimate of drug-likeness (QED) is 0.316. The van der Waals surface area contributed by atoms with Crippen molar-refractivity contribution < 1.29 is 4.79 Å². The summed E-state index contributed by atoms with van der Waals surface area (Å²) in [5.74, 6) is 0.599. The second-order valence-electron chi connectivity index (χ2n) is 5.43. The highest BCUT2D eigenvalue weighted by Crippen LogP contribution is 2.14. The minimum atomic E-state index is -0.0702. The van der Waals surface area contributed by atoms with Crippen molar-refractivity contribution in [2.45, 2.75) is 48.0 Å². The maximum absolute atomic E-state index is 13.0. The molecule has 1 amide bonds. The molecule has 0 spiro atoms. The molecule has 0 heterocycles. The Hall–Kier alpha value is -1.94. The molecule has 0 aromatic rings. The molecule has 0 aliphatic carbocycles. The van der Waals surface area contributed by atoms with E-state index in [1.165, 1.54) is 0 Å². The Kier molecular flexibility index (Phi) is 11.5. The predicted octanol–water partition coefficient (Wildman–Crippen LogP) is 4.02. The van der Waals surface area contributed by atoms with Gasteiger partial charge in [-0.15, -0.1) is 0 Å². The van der Waals surface area contributed by atoms with Gasteiger partial charge in [0.15, 0.2) is 0 Å². The van der Waals surface area contributed by atoms with E-state index in [4.69, 9.17) is 5.73 Å². The van der Waals surface area contributed by atoms with Crippen LogP contribution in [0, 0.1) is 0 Å². The first kappa shape index (κ1) is 22.1. The van der Waals surface area contributed by atoms with Crippen LogP contribution in [0.2, 0.25) is 0 Å². The summed E-state index contributed by atoms with van der Waals surface area (Å²) in [5.41, 5.74) is 8.60. The lowest BCUT2D eigenvalue weighted by atomic mass is 10.0. The number of rotatable bonds is 8. The van der Waals surface area contributed by atoms with Crippen LogP contribution >= 0.6 is 0 Å².